The van der Waals surface area contributed by atoms with E-state index in [1.54, 1.807) is 20.8 Å². The van der Waals surface area contributed by atoms with E-state index >= 15 is 14.4 Å². The summed E-state index contributed by atoms with van der Waals surface area (Å²) < 4.78 is 2.46. The Kier molecular flexibility index (Phi) is 18.7. The topological polar surface area (TPSA) is 178 Å². The quantitative estimate of drug-likeness (QED) is 0.0875. The fourth-order valence-electron chi connectivity index (χ4n) is 10.3. The van der Waals surface area contributed by atoms with Crippen LogP contribution in [0.15, 0.2) is 50.8 Å². The Morgan fingerprint density at radius 2 is 0.520 bits per heavy atom. The van der Waals surface area contributed by atoms with Crippen molar-refractivity contribution in [2.75, 3.05) is 0 Å². The third kappa shape index (κ3) is 13.9. The molecule has 0 radical (unpaired) electrons. The number of hydrogen-bond acceptors (Lipinski definition) is 9. The number of hydrogen-bond donors (Lipinski definition) is 3. The summed E-state index contributed by atoms with van der Waals surface area (Å²) in [5, 5.41) is 34.7. The van der Waals surface area contributed by atoms with Crippen LogP contribution in [0, 0.1) is 0 Å². The minimum Gasteiger partial charge on any atom is -0.507 e. The molecular weight excluding hydrogens is 943 g/mol. The Hall–Kier alpha value is -5.52. The van der Waals surface area contributed by atoms with Gasteiger partial charge in [0.25, 0.3) is 0 Å². The van der Waals surface area contributed by atoms with E-state index in [0.29, 0.717) is 33.4 Å². The number of rotatable bonds is 18. The molecule has 0 fully saturated rings. The molecule has 1 heterocycles. The lowest BCUT2D eigenvalue weighted by Gasteiger charge is -2.29. The van der Waals surface area contributed by atoms with Crippen molar-refractivity contribution >= 4 is 17.3 Å². The molecule has 0 amide bonds. The number of aromatic hydroxyl groups is 3. The third-order valence-corrected chi connectivity index (χ3v) is 14.8. The van der Waals surface area contributed by atoms with Crippen LogP contribution in [0.5, 0.6) is 17.2 Å². The highest BCUT2D eigenvalue weighted by atomic mass is 16.3. The fourth-order valence-corrected chi connectivity index (χ4v) is 10.3. The lowest BCUT2D eigenvalue weighted by Crippen LogP contribution is -2.59. The molecule has 3 N–H and O–H groups in total. The average Bonchev–Trinajstić information content (AvgIpc) is 3.27. The largest absolute Gasteiger partial charge is 0.507 e. The molecule has 414 valence electrons. The monoisotopic (exact) mass is 1040 g/mol. The molecule has 3 atom stereocenters. The van der Waals surface area contributed by atoms with Gasteiger partial charge in [-0.15, -0.1) is 0 Å². The van der Waals surface area contributed by atoms with Crippen LogP contribution in [-0.4, -0.2) is 46.4 Å². The van der Waals surface area contributed by atoms with Crippen LogP contribution in [0.2, 0.25) is 0 Å². The lowest BCUT2D eigenvalue weighted by atomic mass is 9.78. The number of benzene rings is 3. The first-order valence-electron chi connectivity index (χ1n) is 27.3. The molecule has 0 aliphatic carbocycles. The normalized spacial score (nSPS) is 14.2. The highest BCUT2D eigenvalue weighted by Gasteiger charge is 2.36. The van der Waals surface area contributed by atoms with Crippen molar-refractivity contribution < 1.29 is 29.7 Å². The molecule has 0 aliphatic rings. The number of carbonyl (C=O) groups is 3. The molecule has 0 aliphatic heterocycles. The minimum absolute atomic E-state index is 0.0475. The van der Waals surface area contributed by atoms with Gasteiger partial charge < -0.3 is 15.3 Å². The van der Waals surface area contributed by atoms with E-state index < -0.39 is 85.0 Å². The molecule has 12 nitrogen and oxygen atoms in total. The van der Waals surface area contributed by atoms with Gasteiger partial charge >= 0.3 is 17.1 Å². The molecule has 3 aromatic carbocycles. The van der Waals surface area contributed by atoms with Crippen LogP contribution >= 0.6 is 0 Å². The lowest BCUT2D eigenvalue weighted by molar-refractivity contribution is -0.122. The van der Waals surface area contributed by atoms with Crippen molar-refractivity contribution in [3.05, 3.63) is 118 Å². The third-order valence-electron chi connectivity index (χ3n) is 14.8. The van der Waals surface area contributed by atoms with E-state index in [1.807, 2.05) is 161 Å². The summed E-state index contributed by atoms with van der Waals surface area (Å²) in [6.07, 6.45) is 0.242. The average molecular weight is 1040 g/mol. The van der Waals surface area contributed by atoms with Crippen LogP contribution in [0.25, 0.3) is 0 Å². The van der Waals surface area contributed by atoms with E-state index in [1.165, 1.54) is 0 Å². The van der Waals surface area contributed by atoms with Gasteiger partial charge in [0.15, 0.2) is 17.3 Å². The first kappa shape index (κ1) is 62.0. The number of phenols is 3. The first-order valence-corrected chi connectivity index (χ1v) is 27.3. The van der Waals surface area contributed by atoms with Gasteiger partial charge in [-0.05, 0) is 121 Å². The first-order chi connectivity index (χ1) is 34.1. The van der Waals surface area contributed by atoms with Crippen molar-refractivity contribution in [2.24, 2.45) is 0 Å². The Bertz CT molecular complexity index is 2510. The van der Waals surface area contributed by atoms with Gasteiger partial charge in [0.1, 0.15) is 35.4 Å². The van der Waals surface area contributed by atoms with Crippen LogP contribution < -0.4 is 17.1 Å². The molecule has 0 saturated heterocycles. The van der Waals surface area contributed by atoms with Crippen molar-refractivity contribution in [1.29, 1.82) is 0 Å². The predicted molar refractivity (Wildman–Crippen MR) is 304 cm³/mol. The smallest absolute Gasteiger partial charge is 0.337 e. The molecule has 4 aromatic rings. The van der Waals surface area contributed by atoms with Crippen molar-refractivity contribution in [1.82, 2.24) is 13.7 Å². The maximum Gasteiger partial charge on any atom is 0.337 e. The predicted octanol–water partition coefficient (Wildman–Crippen LogP) is 12.5. The zero-order valence-electron chi connectivity index (χ0n) is 49.7. The molecule has 1 aromatic heterocycles. The zero-order chi connectivity index (χ0) is 57.5. The van der Waals surface area contributed by atoms with Crippen LogP contribution in [0.1, 0.15) is 252 Å². The molecule has 0 bridgehead atoms. The van der Waals surface area contributed by atoms with E-state index in [2.05, 4.69) is 0 Å². The summed E-state index contributed by atoms with van der Waals surface area (Å²) in [5.41, 5.74) is 0.395. The van der Waals surface area contributed by atoms with E-state index in [-0.39, 0.29) is 75.0 Å². The van der Waals surface area contributed by atoms with E-state index in [9.17, 15) is 29.7 Å². The van der Waals surface area contributed by atoms with Crippen molar-refractivity contribution in [2.45, 2.75) is 254 Å². The van der Waals surface area contributed by atoms with Gasteiger partial charge in [0.05, 0.1) is 0 Å². The second-order valence-electron chi connectivity index (χ2n) is 27.2. The fraction of sp³-hybridized carbons (Fsp3) is 0.619. The van der Waals surface area contributed by atoms with Gasteiger partial charge in [0, 0.05) is 19.3 Å². The van der Waals surface area contributed by atoms with Crippen molar-refractivity contribution in [3.63, 3.8) is 0 Å². The van der Waals surface area contributed by atoms with Crippen molar-refractivity contribution in [3.8, 4) is 17.2 Å². The molecule has 75 heavy (non-hydrogen) atoms. The number of Topliss-reactive ketones (excluding diaryl/α,β-unsaturated/α-hetero) is 3. The zero-order valence-corrected chi connectivity index (χ0v) is 49.7. The second kappa shape index (κ2) is 22.6. The summed E-state index contributed by atoms with van der Waals surface area (Å²) in [7, 11) is 0. The van der Waals surface area contributed by atoms with Gasteiger partial charge in [-0.1, -0.05) is 182 Å². The highest BCUT2D eigenvalue weighted by Crippen LogP contribution is 2.43. The van der Waals surface area contributed by atoms with Crippen LogP contribution in [0.3, 0.4) is 0 Å². The maximum atomic E-state index is 15.5. The van der Waals surface area contributed by atoms with Gasteiger partial charge in [-0.3, -0.25) is 14.4 Å². The molecule has 4 rings (SSSR count). The Labute approximate surface area is 448 Å². The summed E-state index contributed by atoms with van der Waals surface area (Å²) >= 11 is 0. The number of ketones is 3. The number of phenolic OH excluding ortho intramolecular Hbond substituents is 3. The standard InChI is InChI=1S/C63H93N3O9/c1-22-49(67)46(28-25-37-31-40(58(4,5)6)52(70)41(32-37)59(7,8)9)64-55(73)65(47(50(68)23-2)29-26-38-33-42(60(10,11)12)53(71)43(34-38)61(13,14)15)57(75)66(56(64)74)48(51(69)24-3)30-27-39-35-44(62(16,17)18)54(72)45(36-39)63(19,20)21/h31-36,46-48,70-72H,22-30H2,1-21H3. The van der Waals surface area contributed by atoms with E-state index in [0.717, 1.165) is 30.4 Å². The van der Waals surface area contributed by atoms with E-state index in [4.69, 9.17) is 0 Å². The highest BCUT2D eigenvalue weighted by molar-refractivity contribution is 5.84. The number of nitrogens with zero attached hydrogens (tertiary/aromatic N) is 3. The summed E-state index contributed by atoms with van der Waals surface area (Å²) in [4.78, 5) is 90.0. The van der Waals surface area contributed by atoms with Gasteiger partial charge in [-0.2, -0.15) is 0 Å². The second-order valence-corrected chi connectivity index (χ2v) is 27.2. The minimum atomic E-state index is -1.41. The molecule has 0 spiro atoms. The summed E-state index contributed by atoms with van der Waals surface area (Å²) in [5.74, 6) is -0.811. The SMILES string of the molecule is CCC(=O)C(CCc1cc(C(C)(C)C)c(O)c(C(C)(C)C)c1)n1c(=O)n(C(CCc2cc(C(C)(C)C)c(O)c(C(C)(C)C)c2)C(=O)CC)c(=O)n(C(CCc2cc(C(C)(C)C)c(O)c(C(C)(C)C)c2)C(=O)CC)c1=O. The number of carbonyl (C=O) groups excluding carboxylic acids is 3. The Balaban J connectivity index is 2.13. The van der Waals surface area contributed by atoms with Gasteiger partial charge in [-0.25, -0.2) is 28.1 Å². The summed E-state index contributed by atoms with van der Waals surface area (Å²) in [6, 6.07) is 7.14. The number of aryl methyl sites for hydroxylation is 3. The molecule has 12 heteroatoms. The Morgan fingerprint density at radius 1 is 0.360 bits per heavy atom. The number of aromatic nitrogens is 3. The Morgan fingerprint density at radius 3 is 0.653 bits per heavy atom. The van der Waals surface area contributed by atoms with Crippen LogP contribution in [0.4, 0.5) is 0 Å². The molecular formula is C63H93N3O9. The van der Waals surface area contributed by atoms with Gasteiger partial charge in [0.2, 0.25) is 0 Å². The summed E-state index contributed by atoms with van der Waals surface area (Å²) in [6.45, 7) is 40.9. The molecule has 0 saturated carbocycles. The maximum absolute atomic E-state index is 15.5. The van der Waals surface area contributed by atoms with Crippen LogP contribution in [-0.2, 0) is 66.1 Å². The molecule has 3 unspecified atom stereocenters.